The normalized spacial score (nSPS) is 11.7. The van der Waals surface area contributed by atoms with Gasteiger partial charge in [0.05, 0.1) is 4.88 Å². The lowest BCUT2D eigenvalue weighted by Gasteiger charge is -2.04. The zero-order chi connectivity index (χ0) is 15.6. The van der Waals surface area contributed by atoms with Crippen LogP contribution >= 0.6 is 11.3 Å². The smallest absolute Gasteiger partial charge is 0.435 e. The first-order valence-electron chi connectivity index (χ1n) is 5.40. The molecule has 0 fully saturated rings. The first-order valence-corrected chi connectivity index (χ1v) is 6.21. The monoisotopic (exact) mass is 323 g/mol. The molecule has 0 saturated carbocycles. The van der Waals surface area contributed by atoms with Crippen LogP contribution in [0.2, 0.25) is 0 Å². The molecular formula is C12H6F5NO2S. The number of halogens is 5. The fraction of sp³-hybridized carbons (Fsp3) is 0.167. The number of hydrogen-bond donors (Lipinski definition) is 0. The number of hydrogen-bond acceptors (Lipinski definition) is 4. The Morgan fingerprint density at radius 1 is 1.19 bits per heavy atom. The Morgan fingerprint density at radius 2 is 1.81 bits per heavy atom. The van der Waals surface area contributed by atoms with Crippen LogP contribution in [-0.4, -0.2) is 17.4 Å². The van der Waals surface area contributed by atoms with Gasteiger partial charge in [0.2, 0.25) is 5.78 Å². The van der Waals surface area contributed by atoms with E-state index in [1.807, 2.05) is 0 Å². The number of nitrogens with zero attached hydrogens (tertiary/aromatic N) is 1. The summed E-state index contributed by atoms with van der Waals surface area (Å²) in [5.74, 6) is -0.826. The number of carbonyl (C=O) groups is 1. The zero-order valence-electron chi connectivity index (χ0n) is 10.0. The van der Waals surface area contributed by atoms with Crippen LogP contribution in [0.15, 0.2) is 30.5 Å². The summed E-state index contributed by atoms with van der Waals surface area (Å²) in [6.07, 6.45) is -3.78. The molecule has 0 unspecified atom stereocenters. The minimum Gasteiger partial charge on any atom is -0.435 e. The molecule has 0 atom stereocenters. The lowest BCUT2D eigenvalue weighted by molar-refractivity contribution is -0.137. The first kappa shape index (κ1) is 15.4. The van der Waals surface area contributed by atoms with Gasteiger partial charge < -0.3 is 4.74 Å². The fourth-order valence-electron chi connectivity index (χ4n) is 1.44. The molecule has 0 aliphatic carbocycles. The van der Waals surface area contributed by atoms with E-state index in [0.29, 0.717) is 0 Å². The van der Waals surface area contributed by atoms with E-state index in [1.54, 1.807) is 0 Å². The summed E-state index contributed by atoms with van der Waals surface area (Å²) in [5, 5.41) is -1.12. The molecule has 0 saturated heterocycles. The van der Waals surface area contributed by atoms with Crippen molar-refractivity contribution in [3.05, 3.63) is 45.9 Å². The Hall–Kier alpha value is -2.03. The topological polar surface area (TPSA) is 39.2 Å². The van der Waals surface area contributed by atoms with Gasteiger partial charge in [-0.2, -0.15) is 22.0 Å². The summed E-state index contributed by atoms with van der Waals surface area (Å²) in [7, 11) is 0. The molecule has 1 aromatic carbocycles. The number of alkyl halides is 5. The molecule has 0 aliphatic heterocycles. The maximum atomic E-state index is 12.4. The van der Waals surface area contributed by atoms with Crippen molar-refractivity contribution >= 4 is 17.1 Å². The van der Waals surface area contributed by atoms with Crippen molar-refractivity contribution in [1.82, 2.24) is 4.98 Å². The molecule has 0 radical (unpaired) electrons. The van der Waals surface area contributed by atoms with E-state index in [0.717, 1.165) is 18.3 Å². The Bertz CT molecular complexity index is 636. The molecule has 0 bridgehead atoms. The molecule has 0 N–H and O–H groups in total. The average Bonchev–Trinajstić information content (AvgIpc) is 2.87. The number of benzene rings is 1. The summed E-state index contributed by atoms with van der Waals surface area (Å²) < 4.78 is 65.2. The van der Waals surface area contributed by atoms with Gasteiger partial charge in [-0.1, -0.05) is 0 Å². The van der Waals surface area contributed by atoms with Crippen molar-refractivity contribution in [1.29, 1.82) is 0 Å². The van der Waals surface area contributed by atoms with Crippen LogP contribution in [0.1, 0.15) is 20.2 Å². The van der Waals surface area contributed by atoms with Crippen molar-refractivity contribution in [2.75, 3.05) is 0 Å². The van der Waals surface area contributed by atoms with Gasteiger partial charge in [0, 0.05) is 11.8 Å². The maximum absolute atomic E-state index is 12.4. The SMILES string of the molecule is O=C(c1ccc(OC(F)F)cc1)c1cnc(C(F)(F)F)s1. The Labute approximate surface area is 119 Å². The summed E-state index contributed by atoms with van der Waals surface area (Å²) in [6.45, 7) is -3.00. The van der Waals surface area contributed by atoms with Gasteiger partial charge in [0.25, 0.3) is 0 Å². The summed E-state index contributed by atoms with van der Waals surface area (Å²) in [4.78, 5) is 14.9. The van der Waals surface area contributed by atoms with Crippen LogP contribution in [0.25, 0.3) is 0 Å². The van der Waals surface area contributed by atoms with E-state index in [9.17, 15) is 26.7 Å². The van der Waals surface area contributed by atoms with Gasteiger partial charge >= 0.3 is 12.8 Å². The quantitative estimate of drug-likeness (QED) is 0.631. The Balaban J connectivity index is 2.18. The molecule has 9 heteroatoms. The molecule has 2 aromatic rings. The molecule has 21 heavy (non-hydrogen) atoms. The lowest BCUT2D eigenvalue weighted by atomic mass is 10.1. The number of aromatic nitrogens is 1. The maximum Gasteiger partial charge on any atom is 0.443 e. The second kappa shape index (κ2) is 5.76. The number of carbonyl (C=O) groups excluding carboxylic acids is 1. The Morgan fingerprint density at radius 3 is 2.29 bits per heavy atom. The minimum absolute atomic E-state index is 0.0500. The highest BCUT2D eigenvalue weighted by atomic mass is 32.1. The Kier molecular flexibility index (Phi) is 4.21. The summed E-state index contributed by atoms with van der Waals surface area (Å²) in [5.41, 5.74) is 0.0500. The lowest BCUT2D eigenvalue weighted by Crippen LogP contribution is -2.03. The van der Waals surface area contributed by atoms with Crippen LogP contribution < -0.4 is 4.74 Å². The highest BCUT2D eigenvalue weighted by molar-refractivity contribution is 7.13. The van der Waals surface area contributed by atoms with Crippen LogP contribution in [0.4, 0.5) is 22.0 Å². The van der Waals surface area contributed by atoms with E-state index < -0.39 is 23.6 Å². The molecule has 0 aliphatic rings. The number of thiazole rings is 1. The van der Waals surface area contributed by atoms with Gasteiger partial charge in [0.15, 0.2) is 5.01 Å². The second-order valence-corrected chi connectivity index (χ2v) is 4.79. The number of rotatable bonds is 4. The van der Waals surface area contributed by atoms with Crippen LogP contribution in [0.5, 0.6) is 5.75 Å². The molecular weight excluding hydrogens is 317 g/mol. The van der Waals surface area contributed by atoms with E-state index in [-0.39, 0.29) is 27.5 Å². The number of ether oxygens (including phenoxy) is 1. The van der Waals surface area contributed by atoms with E-state index in [2.05, 4.69) is 9.72 Å². The van der Waals surface area contributed by atoms with Gasteiger partial charge in [-0.25, -0.2) is 4.98 Å². The van der Waals surface area contributed by atoms with Crippen molar-refractivity contribution in [3.63, 3.8) is 0 Å². The third kappa shape index (κ3) is 3.75. The fourth-order valence-corrected chi connectivity index (χ4v) is 2.19. The third-order valence-corrected chi connectivity index (χ3v) is 3.35. The van der Waals surface area contributed by atoms with Crippen LogP contribution in [-0.2, 0) is 6.18 Å². The highest BCUT2D eigenvalue weighted by Crippen LogP contribution is 2.33. The van der Waals surface area contributed by atoms with Crippen LogP contribution in [0, 0.1) is 0 Å². The predicted molar refractivity (Wildman–Crippen MR) is 63.6 cm³/mol. The molecule has 1 aromatic heterocycles. The van der Waals surface area contributed by atoms with Crippen molar-refractivity contribution < 1.29 is 31.5 Å². The second-order valence-electron chi connectivity index (χ2n) is 3.76. The zero-order valence-corrected chi connectivity index (χ0v) is 10.8. The van der Waals surface area contributed by atoms with Crippen molar-refractivity contribution in [3.8, 4) is 5.75 Å². The summed E-state index contributed by atoms with van der Waals surface area (Å²) in [6, 6.07) is 4.64. The van der Waals surface area contributed by atoms with E-state index >= 15 is 0 Å². The van der Waals surface area contributed by atoms with Gasteiger partial charge in [0.1, 0.15) is 5.75 Å². The highest BCUT2D eigenvalue weighted by Gasteiger charge is 2.35. The third-order valence-electron chi connectivity index (χ3n) is 2.31. The average molecular weight is 323 g/mol. The van der Waals surface area contributed by atoms with E-state index in [4.69, 9.17) is 0 Å². The number of ketones is 1. The largest absolute Gasteiger partial charge is 0.443 e. The van der Waals surface area contributed by atoms with E-state index in [1.165, 1.54) is 12.1 Å². The molecule has 2 rings (SSSR count). The molecule has 0 spiro atoms. The van der Waals surface area contributed by atoms with Gasteiger partial charge in [-0.3, -0.25) is 4.79 Å². The molecule has 3 nitrogen and oxygen atoms in total. The van der Waals surface area contributed by atoms with Gasteiger partial charge in [-0.05, 0) is 24.3 Å². The summed E-state index contributed by atoms with van der Waals surface area (Å²) >= 11 is 0.221. The van der Waals surface area contributed by atoms with Gasteiger partial charge in [-0.15, -0.1) is 11.3 Å². The first-order chi connectivity index (χ1) is 9.77. The minimum atomic E-state index is -4.61. The van der Waals surface area contributed by atoms with Crippen LogP contribution in [0.3, 0.4) is 0 Å². The molecule has 1 heterocycles. The molecule has 112 valence electrons. The molecule has 0 amide bonds. The predicted octanol–water partition coefficient (Wildman–Crippen LogP) is 3.99. The van der Waals surface area contributed by atoms with Crippen molar-refractivity contribution in [2.24, 2.45) is 0 Å². The van der Waals surface area contributed by atoms with Crippen molar-refractivity contribution in [2.45, 2.75) is 12.8 Å². The standard InChI is InChI=1S/C12H6F5NO2S/c13-11(14)20-7-3-1-6(2-4-7)9(19)8-5-18-10(21-8)12(15,16)17/h1-5,11H.